The third-order valence-electron chi connectivity index (χ3n) is 4.44. The lowest BCUT2D eigenvalue weighted by molar-refractivity contribution is 0.0600. The summed E-state index contributed by atoms with van der Waals surface area (Å²) in [4.78, 5) is 36.7. The smallest absolute Gasteiger partial charge is 0.417 e. The molecule has 0 aliphatic rings. The molecule has 0 aliphatic carbocycles. The van der Waals surface area contributed by atoms with E-state index in [0.29, 0.717) is 11.5 Å². The Kier molecular flexibility index (Phi) is 7.07. The molecule has 0 aromatic heterocycles. The zero-order valence-electron chi connectivity index (χ0n) is 17.8. The Morgan fingerprint density at radius 2 is 1.12 bits per heavy atom. The fourth-order valence-electron chi connectivity index (χ4n) is 2.84. The third-order valence-corrected chi connectivity index (χ3v) is 4.44. The van der Waals surface area contributed by atoms with E-state index >= 15 is 0 Å². The molecule has 0 atom stereocenters. The molecular formula is C24H22N2O6. The Morgan fingerprint density at radius 3 is 1.53 bits per heavy atom. The summed E-state index contributed by atoms with van der Waals surface area (Å²) in [6.07, 6.45) is -1.51. The van der Waals surface area contributed by atoms with E-state index in [4.69, 9.17) is 14.2 Å². The van der Waals surface area contributed by atoms with Gasteiger partial charge in [-0.3, -0.25) is 10.6 Å². The van der Waals surface area contributed by atoms with Gasteiger partial charge in [-0.1, -0.05) is 36.4 Å². The van der Waals surface area contributed by atoms with Gasteiger partial charge in [0.15, 0.2) is 0 Å². The molecule has 0 fully saturated rings. The molecule has 3 aromatic carbocycles. The maximum Gasteiger partial charge on any atom is 0.417 e. The zero-order chi connectivity index (χ0) is 23.1. The molecule has 0 radical (unpaired) electrons. The Balaban J connectivity index is 1.77. The van der Waals surface area contributed by atoms with Crippen molar-refractivity contribution in [2.24, 2.45) is 0 Å². The van der Waals surface area contributed by atoms with Gasteiger partial charge >= 0.3 is 18.2 Å². The van der Waals surface area contributed by atoms with Gasteiger partial charge in [-0.15, -0.1) is 0 Å². The molecule has 0 bridgehead atoms. The van der Waals surface area contributed by atoms with Gasteiger partial charge in [-0.05, 0) is 55.3 Å². The number of aryl methyl sites for hydroxylation is 2. The summed E-state index contributed by atoms with van der Waals surface area (Å²) in [7, 11) is 1.23. The van der Waals surface area contributed by atoms with Crippen LogP contribution >= 0.6 is 0 Å². The van der Waals surface area contributed by atoms with Gasteiger partial charge in [-0.2, -0.15) is 0 Å². The van der Waals surface area contributed by atoms with E-state index < -0.39 is 18.2 Å². The van der Waals surface area contributed by atoms with Crippen LogP contribution in [0.5, 0.6) is 11.5 Å². The molecule has 0 saturated carbocycles. The number of anilines is 2. The number of methoxy groups -OCH3 is 1. The second kappa shape index (κ2) is 10.1. The van der Waals surface area contributed by atoms with Gasteiger partial charge in [0.2, 0.25) is 0 Å². The number of ether oxygens (including phenoxy) is 3. The number of esters is 1. The number of benzene rings is 3. The zero-order valence-corrected chi connectivity index (χ0v) is 17.8. The molecule has 32 heavy (non-hydrogen) atoms. The first-order valence-electron chi connectivity index (χ1n) is 9.68. The molecule has 2 N–H and O–H groups in total. The topological polar surface area (TPSA) is 103 Å². The van der Waals surface area contributed by atoms with E-state index in [2.05, 4.69) is 10.6 Å². The molecule has 0 unspecified atom stereocenters. The molecule has 0 spiro atoms. The number of nitrogens with one attached hydrogen (secondary N) is 2. The second-order valence-electron chi connectivity index (χ2n) is 6.85. The highest BCUT2D eigenvalue weighted by Crippen LogP contribution is 2.23. The van der Waals surface area contributed by atoms with Crippen LogP contribution in [0.4, 0.5) is 21.0 Å². The van der Waals surface area contributed by atoms with Gasteiger partial charge in [0.25, 0.3) is 0 Å². The summed E-state index contributed by atoms with van der Waals surface area (Å²) in [5.74, 6) is 0.153. The first-order chi connectivity index (χ1) is 15.4. The van der Waals surface area contributed by atoms with Gasteiger partial charge in [0.05, 0.1) is 12.7 Å². The SMILES string of the molecule is COC(=O)c1cc(NC(=O)Oc2ccccc2C)cc(NC(=O)Oc2ccccc2C)c1. The maximum absolute atomic E-state index is 12.3. The molecule has 3 rings (SSSR count). The normalized spacial score (nSPS) is 10.1. The van der Waals surface area contributed by atoms with Gasteiger partial charge in [0.1, 0.15) is 11.5 Å². The molecule has 8 heteroatoms. The number of rotatable bonds is 5. The van der Waals surface area contributed by atoms with E-state index in [1.807, 2.05) is 38.1 Å². The highest BCUT2D eigenvalue weighted by molar-refractivity contribution is 5.96. The summed E-state index contributed by atoms with van der Waals surface area (Å²) in [5, 5.41) is 5.10. The summed E-state index contributed by atoms with van der Waals surface area (Å²) in [6, 6.07) is 18.4. The maximum atomic E-state index is 12.3. The van der Waals surface area contributed by atoms with E-state index in [9.17, 15) is 14.4 Å². The largest absolute Gasteiger partial charge is 0.465 e. The molecular weight excluding hydrogens is 412 g/mol. The van der Waals surface area contributed by atoms with Crippen LogP contribution in [0.3, 0.4) is 0 Å². The van der Waals surface area contributed by atoms with Gasteiger partial charge < -0.3 is 14.2 Å². The highest BCUT2D eigenvalue weighted by atomic mass is 16.6. The second-order valence-corrected chi connectivity index (χ2v) is 6.85. The van der Waals surface area contributed by atoms with Crippen molar-refractivity contribution in [1.29, 1.82) is 0 Å². The van der Waals surface area contributed by atoms with E-state index in [1.165, 1.54) is 25.3 Å². The fourth-order valence-corrected chi connectivity index (χ4v) is 2.84. The minimum absolute atomic E-state index is 0.118. The average Bonchev–Trinajstić information content (AvgIpc) is 2.76. The number of carbonyl (C=O) groups is 3. The lowest BCUT2D eigenvalue weighted by atomic mass is 10.1. The number of amides is 2. The molecule has 8 nitrogen and oxygen atoms in total. The summed E-state index contributed by atoms with van der Waals surface area (Å²) in [6.45, 7) is 3.62. The van der Waals surface area contributed by atoms with Crippen LogP contribution in [-0.4, -0.2) is 25.3 Å². The van der Waals surface area contributed by atoms with Crippen LogP contribution in [0.15, 0.2) is 66.7 Å². The minimum atomic E-state index is -0.755. The van der Waals surface area contributed by atoms with E-state index in [1.54, 1.807) is 24.3 Å². The first kappa shape index (κ1) is 22.4. The van der Waals surface area contributed by atoms with E-state index in [-0.39, 0.29) is 16.9 Å². The number of carbonyl (C=O) groups excluding carboxylic acids is 3. The highest BCUT2D eigenvalue weighted by Gasteiger charge is 2.15. The predicted octanol–water partition coefficient (Wildman–Crippen LogP) is 5.31. The molecule has 0 heterocycles. The van der Waals surface area contributed by atoms with Crippen LogP contribution in [0.2, 0.25) is 0 Å². The molecule has 3 aromatic rings. The lowest BCUT2D eigenvalue weighted by Gasteiger charge is -2.13. The third kappa shape index (κ3) is 5.85. The first-order valence-corrected chi connectivity index (χ1v) is 9.68. The Labute approximate surface area is 185 Å². The van der Waals surface area contributed by atoms with Gasteiger partial charge in [-0.25, -0.2) is 14.4 Å². The van der Waals surface area contributed by atoms with Crippen LogP contribution in [-0.2, 0) is 4.74 Å². The summed E-state index contributed by atoms with van der Waals surface area (Å²) in [5.41, 5.74) is 2.13. The van der Waals surface area contributed by atoms with E-state index in [0.717, 1.165) is 11.1 Å². The summed E-state index contributed by atoms with van der Waals surface area (Å²) < 4.78 is 15.4. The minimum Gasteiger partial charge on any atom is -0.465 e. The van der Waals surface area contributed by atoms with Crippen molar-refractivity contribution in [2.75, 3.05) is 17.7 Å². The van der Waals surface area contributed by atoms with Crippen molar-refractivity contribution in [2.45, 2.75) is 13.8 Å². The molecule has 2 amide bonds. The van der Waals surface area contributed by atoms with Gasteiger partial charge in [0, 0.05) is 11.4 Å². The predicted molar refractivity (Wildman–Crippen MR) is 119 cm³/mol. The number of para-hydroxylation sites is 2. The van der Waals surface area contributed by atoms with Crippen LogP contribution in [0.1, 0.15) is 21.5 Å². The lowest BCUT2D eigenvalue weighted by Crippen LogP contribution is -2.20. The fraction of sp³-hybridized carbons (Fsp3) is 0.125. The number of hydrogen-bond acceptors (Lipinski definition) is 6. The monoisotopic (exact) mass is 434 g/mol. The Morgan fingerprint density at radius 1 is 0.688 bits per heavy atom. The quantitative estimate of drug-likeness (QED) is 0.528. The van der Waals surface area contributed by atoms with Crippen LogP contribution < -0.4 is 20.1 Å². The van der Waals surface area contributed by atoms with Crippen LogP contribution in [0.25, 0.3) is 0 Å². The van der Waals surface area contributed by atoms with Crippen molar-refractivity contribution in [1.82, 2.24) is 0 Å². The van der Waals surface area contributed by atoms with Crippen molar-refractivity contribution in [3.8, 4) is 11.5 Å². The molecule has 164 valence electrons. The van der Waals surface area contributed by atoms with Crippen molar-refractivity contribution in [3.05, 3.63) is 83.4 Å². The van der Waals surface area contributed by atoms with Crippen LogP contribution in [0, 0.1) is 13.8 Å². The summed E-state index contributed by atoms with van der Waals surface area (Å²) >= 11 is 0. The molecule has 0 saturated heterocycles. The average molecular weight is 434 g/mol. The van der Waals surface area contributed by atoms with Crippen molar-refractivity contribution >= 4 is 29.5 Å². The Bertz CT molecular complexity index is 1080. The van der Waals surface area contributed by atoms with Crippen molar-refractivity contribution < 1.29 is 28.6 Å². The van der Waals surface area contributed by atoms with Crippen molar-refractivity contribution in [3.63, 3.8) is 0 Å². The standard InChI is InChI=1S/C24H22N2O6/c1-15-8-4-6-10-20(15)31-23(28)25-18-12-17(22(27)30-3)13-19(14-18)26-24(29)32-21-11-7-5-9-16(21)2/h4-14H,1-3H3,(H,25,28)(H,26,29). The molecule has 0 aliphatic heterocycles. The number of hydrogen-bond donors (Lipinski definition) is 2. The Hall–Kier alpha value is -4.33.